The minimum atomic E-state index is -0.955. The molecule has 0 atom stereocenters. The topological polar surface area (TPSA) is 59.4 Å². The highest BCUT2D eigenvalue weighted by atomic mass is 32.1. The Morgan fingerprint density at radius 1 is 1.43 bits per heavy atom. The van der Waals surface area contributed by atoms with Crippen molar-refractivity contribution in [3.05, 3.63) is 51.5 Å². The number of benzene rings is 1. The van der Waals surface area contributed by atoms with Crippen LogP contribution in [-0.4, -0.2) is 22.7 Å². The second kappa shape index (κ2) is 7.04. The smallest absolute Gasteiger partial charge is 0.328 e. The summed E-state index contributed by atoms with van der Waals surface area (Å²) in [5, 5.41) is 9.51. The van der Waals surface area contributed by atoms with Crippen molar-refractivity contribution in [2.24, 2.45) is 0 Å². The summed E-state index contributed by atoms with van der Waals surface area (Å²) in [6.45, 7) is 4.64. The van der Waals surface area contributed by atoms with Gasteiger partial charge in [-0.3, -0.25) is 0 Å². The zero-order valence-electron chi connectivity index (χ0n) is 12.0. The minimum absolute atomic E-state index is 0.555. The molecule has 0 unspecified atom stereocenters. The molecule has 0 aliphatic heterocycles. The number of carboxylic acids is 1. The van der Waals surface area contributed by atoms with Crippen LogP contribution in [0.4, 0.5) is 0 Å². The van der Waals surface area contributed by atoms with Gasteiger partial charge in [0.15, 0.2) is 0 Å². The number of nitrogens with zero attached hydrogens (tertiary/aromatic N) is 1. The standard InChI is InChI=1S/C16H17NO3S/c1-11-3-5-14(12(2)9-11)20-8-7-15-17-10-13(21-15)4-6-16(18)19/h3-6,9-10H,7-8H2,1-2H3,(H,18,19)/b6-4+. The van der Waals surface area contributed by atoms with Gasteiger partial charge in [-0.25, -0.2) is 9.78 Å². The molecule has 2 rings (SSSR count). The van der Waals surface area contributed by atoms with E-state index >= 15 is 0 Å². The summed E-state index contributed by atoms with van der Waals surface area (Å²) in [6, 6.07) is 6.10. The summed E-state index contributed by atoms with van der Waals surface area (Å²) in [4.78, 5) is 15.5. The minimum Gasteiger partial charge on any atom is -0.493 e. The van der Waals surface area contributed by atoms with E-state index in [9.17, 15) is 4.79 Å². The Morgan fingerprint density at radius 2 is 2.24 bits per heavy atom. The van der Waals surface area contributed by atoms with Crippen LogP contribution in [0.25, 0.3) is 6.08 Å². The molecule has 1 aromatic carbocycles. The summed E-state index contributed by atoms with van der Waals surface area (Å²) in [5.74, 6) is -0.0636. The summed E-state index contributed by atoms with van der Waals surface area (Å²) < 4.78 is 5.76. The van der Waals surface area contributed by atoms with Crippen LogP contribution < -0.4 is 4.74 Å². The molecule has 0 spiro atoms. The molecule has 1 N–H and O–H groups in total. The van der Waals surface area contributed by atoms with Crippen molar-refractivity contribution in [1.82, 2.24) is 4.98 Å². The molecule has 0 saturated heterocycles. The number of hydrogen-bond acceptors (Lipinski definition) is 4. The fourth-order valence-corrected chi connectivity index (χ4v) is 2.68. The number of carbonyl (C=O) groups is 1. The van der Waals surface area contributed by atoms with Crippen molar-refractivity contribution in [1.29, 1.82) is 0 Å². The number of thiazole rings is 1. The van der Waals surface area contributed by atoms with Gasteiger partial charge in [-0.2, -0.15) is 0 Å². The average Bonchev–Trinajstić information content (AvgIpc) is 2.87. The second-order valence-corrected chi connectivity index (χ2v) is 5.84. The Hall–Kier alpha value is -2.14. The van der Waals surface area contributed by atoms with Gasteiger partial charge in [-0.1, -0.05) is 17.7 Å². The lowest BCUT2D eigenvalue weighted by molar-refractivity contribution is -0.131. The first-order chi connectivity index (χ1) is 10.0. The van der Waals surface area contributed by atoms with E-state index in [4.69, 9.17) is 9.84 Å². The van der Waals surface area contributed by atoms with Crippen LogP contribution in [0.1, 0.15) is 21.0 Å². The number of rotatable bonds is 6. The van der Waals surface area contributed by atoms with Crippen molar-refractivity contribution in [2.75, 3.05) is 6.61 Å². The first-order valence-corrected chi connectivity index (χ1v) is 7.42. The maximum atomic E-state index is 10.4. The Bertz CT molecular complexity index is 661. The molecule has 4 nitrogen and oxygen atoms in total. The van der Waals surface area contributed by atoms with E-state index in [1.54, 1.807) is 12.3 Å². The summed E-state index contributed by atoms with van der Waals surface area (Å²) >= 11 is 1.48. The first-order valence-electron chi connectivity index (χ1n) is 6.60. The Labute approximate surface area is 127 Å². The molecule has 0 saturated carbocycles. The van der Waals surface area contributed by atoms with E-state index in [2.05, 4.69) is 18.0 Å². The predicted molar refractivity (Wildman–Crippen MR) is 83.9 cm³/mol. The molecule has 0 aliphatic carbocycles. The van der Waals surface area contributed by atoms with Crippen LogP contribution in [0.15, 0.2) is 30.5 Å². The van der Waals surface area contributed by atoms with Gasteiger partial charge >= 0.3 is 5.97 Å². The van der Waals surface area contributed by atoms with Gasteiger partial charge in [0.25, 0.3) is 0 Å². The number of ether oxygens (including phenoxy) is 1. The van der Waals surface area contributed by atoms with E-state index in [0.717, 1.165) is 27.3 Å². The van der Waals surface area contributed by atoms with Crippen molar-refractivity contribution in [3.8, 4) is 5.75 Å². The van der Waals surface area contributed by atoms with E-state index in [-0.39, 0.29) is 0 Å². The lowest BCUT2D eigenvalue weighted by Crippen LogP contribution is -2.02. The molecule has 2 aromatic rings. The monoisotopic (exact) mass is 303 g/mol. The van der Waals surface area contributed by atoms with Crippen LogP contribution in [0.5, 0.6) is 5.75 Å². The van der Waals surface area contributed by atoms with Crippen molar-refractivity contribution < 1.29 is 14.6 Å². The molecule has 0 aliphatic rings. The predicted octanol–water partition coefficient (Wildman–Crippen LogP) is 3.48. The third kappa shape index (κ3) is 4.72. The maximum Gasteiger partial charge on any atom is 0.328 e. The SMILES string of the molecule is Cc1ccc(OCCc2ncc(/C=C/C(=O)O)s2)c(C)c1. The molecule has 5 heteroatoms. The highest BCUT2D eigenvalue weighted by Crippen LogP contribution is 2.20. The third-order valence-corrected chi connectivity index (χ3v) is 3.89. The lowest BCUT2D eigenvalue weighted by atomic mass is 10.1. The van der Waals surface area contributed by atoms with Crippen LogP contribution in [0.3, 0.4) is 0 Å². The quantitative estimate of drug-likeness (QED) is 0.830. The van der Waals surface area contributed by atoms with Crippen molar-refractivity contribution in [3.63, 3.8) is 0 Å². The van der Waals surface area contributed by atoms with Gasteiger partial charge in [-0.05, 0) is 31.6 Å². The number of aromatic nitrogens is 1. The van der Waals surface area contributed by atoms with Gasteiger partial charge in [-0.15, -0.1) is 11.3 Å². The van der Waals surface area contributed by atoms with Crippen LogP contribution in [0.2, 0.25) is 0 Å². The molecular formula is C16H17NO3S. The van der Waals surface area contributed by atoms with Gasteiger partial charge in [0.2, 0.25) is 0 Å². The van der Waals surface area contributed by atoms with Gasteiger partial charge < -0.3 is 9.84 Å². The lowest BCUT2D eigenvalue weighted by Gasteiger charge is -2.08. The highest BCUT2D eigenvalue weighted by molar-refractivity contribution is 7.12. The number of hydrogen-bond donors (Lipinski definition) is 1. The Kier molecular flexibility index (Phi) is 5.11. The van der Waals surface area contributed by atoms with Crippen molar-refractivity contribution in [2.45, 2.75) is 20.3 Å². The number of aryl methyl sites for hydroxylation is 2. The van der Waals surface area contributed by atoms with Crippen LogP contribution in [-0.2, 0) is 11.2 Å². The van der Waals surface area contributed by atoms with Crippen LogP contribution >= 0.6 is 11.3 Å². The molecule has 0 amide bonds. The zero-order valence-corrected chi connectivity index (χ0v) is 12.8. The summed E-state index contributed by atoms with van der Waals surface area (Å²) in [7, 11) is 0. The van der Waals surface area contributed by atoms with E-state index in [1.165, 1.54) is 16.9 Å². The largest absolute Gasteiger partial charge is 0.493 e. The van der Waals surface area contributed by atoms with E-state index < -0.39 is 5.97 Å². The van der Waals surface area contributed by atoms with E-state index in [0.29, 0.717) is 13.0 Å². The average molecular weight is 303 g/mol. The molecule has 0 bridgehead atoms. The van der Waals surface area contributed by atoms with E-state index in [1.807, 2.05) is 19.1 Å². The fourth-order valence-electron chi connectivity index (χ4n) is 1.88. The molecule has 21 heavy (non-hydrogen) atoms. The summed E-state index contributed by atoms with van der Waals surface area (Å²) in [5.41, 5.74) is 2.34. The number of aliphatic carboxylic acids is 1. The first kappa shape index (κ1) is 15.3. The second-order valence-electron chi connectivity index (χ2n) is 4.70. The van der Waals surface area contributed by atoms with Gasteiger partial charge in [0.05, 0.1) is 11.6 Å². The van der Waals surface area contributed by atoms with Gasteiger partial charge in [0.1, 0.15) is 5.75 Å². The molecule has 0 radical (unpaired) electrons. The Balaban J connectivity index is 1.87. The molecular weight excluding hydrogens is 286 g/mol. The highest BCUT2D eigenvalue weighted by Gasteiger charge is 2.03. The van der Waals surface area contributed by atoms with Crippen LogP contribution in [0, 0.1) is 13.8 Å². The molecule has 1 heterocycles. The fraction of sp³-hybridized carbons (Fsp3) is 0.250. The third-order valence-electron chi connectivity index (χ3n) is 2.87. The van der Waals surface area contributed by atoms with Gasteiger partial charge in [0, 0.05) is 23.6 Å². The molecule has 110 valence electrons. The zero-order chi connectivity index (χ0) is 15.2. The Morgan fingerprint density at radius 3 is 2.95 bits per heavy atom. The summed E-state index contributed by atoms with van der Waals surface area (Å²) in [6.07, 6.45) is 5.05. The normalized spacial score (nSPS) is 11.0. The maximum absolute atomic E-state index is 10.4. The molecule has 1 aromatic heterocycles. The van der Waals surface area contributed by atoms with Crippen molar-refractivity contribution >= 4 is 23.4 Å². The number of carboxylic acid groups (broad SMARTS) is 1. The molecule has 0 fully saturated rings.